The fourth-order valence-electron chi connectivity index (χ4n) is 4.07. The second kappa shape index (κ2) is 9.72. The summed E-state index contributed by atoms with van der Waals surface area (Å²) in [5.41, 5.74) is 0.0331. The molecule has 2 aromatic rings. The zero-order valence-corrected chi connectivity index (χ0v) is 18.0. The number of benzene rings is 2. The van der Waals surface area contributed by atoms with E-state index in [0.29, 0.717) is 6.61 Å². The topological polar surface area (TPSA) is 99.8 Å². The summed E-state index contributed by atoms with van der Waals surface area (Å²) < 4.78 is 44.2. The number of carbonyl (C=O) groups is 3. The van der Waals surface area contributed by atoms with Gasteiger partial charge < -0.3 is 25.6 Å². The van der Waals surface area contributed by atoms with Gasteiger partial charge in [-0.25, -0.2) is 4.79 Å². The van der Waals surface area contributed by atoms with Crippen LogP contribution in [0, 0.1) is 0 Å². The Labute approximate surface area is 193 Å². The molecule has 4 rings (SSSR count). The molecule has 2 heterocycles. The van der Waals surface area contributed by atoms with Crippen molar-refractivity contribution in [2.24, 2.45) is 0 Å². The van der Waals surface area contributed by atoms with Crippen LogP contribution in [0.5, 0.6) is 0 Å². The molecule has 0 spiro atoms. The molecule has 34 heavy (non-hydrogen) atoms. The number of nitrogens with one attached hydrogen (secondary N) is 3. The van der Waals surface area contributed by atoms with Crippen molar-refractivity contribution in [1.29, 1.82) is 0 Å². The first-order valence-electron chi connectivity index (χ1n) is 10.7. The minimum Gasteiger partial charge on any atom is -0.374 e. The smallest absolute Gasteiger partial charge is 0.374 e. The van der Waals surface area contributed by atoms with E-state index in [4.69, 9.17) is 4.74 Å². The predicted octanol–water partition coefficient (Wildman–Crippen LogP) is 2.51. The van der Waals surface area contributed by atoms with Crippen molar-refractivity contribution in [2.45, 2.75) is 37.3 Å². The average molecular weight is 476 g/mol. The fraction of sp³-hybridized carbons (Fsp3) is 0.348. The second-order valence-electron chi connectivity index (χ2n) is 8.18. The van der Waals surface area contributed by atoms with Crippen molar-refractivity contribution in [3.8, 4) is 0 Å². The van der Waals surface area contributed by atoms with Gasteiger partial charge in [-0.15, -0.1) is 0 Å². The molecule has 2 saturated heterocycles. The van der Waals surface area contributed by atoms with Crippen LogP contribution in [0.1, 0.15) is 17.5 Å². The Morgan fingerprint density at radius 2 is 1.88 bits per heavy atom. The van der Waals surface area contributed by atoms with Crippen LogP contribution in [-0.2, 0) is 27.1 Å². The Hall–Kier alpha value is -3.60. The van der Waals surface area contributed by atoms with Gasteiger partial charge in [0, 0.05) is 12.2 Å². The zero-order chi connectivity index (χ0) is 24.3. The standard InChI is InChI=1S/C23H23F3N4O4/c24-23(25,26)15-7-4-8-16(9-15)27-22(33)28-17-10-19-20(31)29-18(21(32)30(19)11-17)13-34-12-14-5-2-1-3-6-14/h1-9,17-19H,10-13H2,(H,29,31)(H2,27,28,33)/t17-,18-,19-/m0/s1. The third-order valence-electron chi connectivity index (χ3n) is 5.68. The van der Waals surface area contributed by atoms with Crippen LogP contribution < -0.4 is 16.0 Å². The first kappa shape index (κ1) is 23.6. The Morgan fingerprint density at radius 1 is 1.12 bits per heavy atom. The summed E-state index contributed by atoms with van der Waals surface area (Å²) in [5, 5.41) is 7.66. The summed E-state index contributed by atoms with van der Waals surface area (Å²) in [4.78, 5) is 39.1. The number of alkyl halides is 3. The van der Waals surface area contributed by atoms with E-state index in [9.17, 15) is 27.6 Å². The van der Waals surface area contributed by atoms with E-state index in [0.717, 1.165) is 17.7 Å². The number of fused-ring (bicyclic) bond motifs is 1. The molecule has 11 heteroatoms. The fourth-order valence-corrected chi connectivity index (χ4v) is 4.07. The highest BCUT2D eigenvalue weighted by Crippen LogP contribution is 2.30. The van der Waals surface area contributed by atoms with Crippen molar-refractivity contribution in [1.82, 2.24) is 15.5 Å². The Bertz CT molecular complexity index is 1060. The number of amides is 4. The monoisotopic (exact) mass is 476 g/mol. The summed E-state index contributed by atoms with van der Waals surface area (Å²) in [6.07, 6.45) is -4.33. The number of anilines is 1. The van der Waals surface area contributed by atoms with Gasteiger partial charge in [-0.3, -0.25) is 9.59 Å². The van der Waals surface area contributed by atoms with Gasteiger partial charge in [0.05, 0.1) is 24.8 Å². The number of nitrogens with zero attached hydrogens (tertiary/aromatic N) is 1. The molecular formula is C23H23F3N4O4. The quantitative estimate of drug-likeness (QED) is 0.597. The van der Waals surface area contributed by atoms with Gasteiger partial charge in [0.1, 0.15) is 12.1 Å². The van der Waals surface area contributed by atoms with Gasteiger partial charge in [0.15, 0.2) is 0 Å². The maximum Gasteiger partial charge on any atom is 0.416 e. The number of halogens is 3. The van der Waals surface area contributed by atoms with Gasteiger partial charge in [-0.1, -0.05) is 36.4 Å². The number of rotatable bonds is 6. The molecule has 2 aliphatic rings. The number of ether oxygens (including phenoxy) is 1. The highest BCUT2D eigenvalue weighted by atomic mass is 19.4. The molecule has 0 aromatic heterocycles. The molecular weight excluding hydrogens is 453 g/mol. The number of hydrogen-bond donors (Lipinski definition) is 3. The predicted molar refractivity (Wildman–Crippen MR) is 116 cm³/mol. The van der Waals surface area contributed by atoms with E-state index in [-0.39, 0.29) is 37.1 Å². The lowest BCUT2D eigenvalue weighted by Crippen LogP contribution is -2.62. The molecule has 2 aliphatic heterocycles. The van der Waals surface area contributed by atoms with Crippen LogP contribution in [0.4, 0.5) is 23.7 Å². The van der Waals surface area contributed by atoms with E-state index in [2.05, 4.69) is 16.0 Å². The Balaban J connectivity index is 1.30. The van der Waals surface area contributed by atoms with Gasteiger partial charge >= 0.3 is 12.2 Å². The second-order valence-corrected chi connectivity index (χ2v) is 8.18. The maximum absolute atomic E-state index is 12.9. The molecule has 0 radical (unpaired) electrons. The third-order valence-corrected chi connectivity index (χ3v) is 5.68. The van der Waals surface area contributed by atoms with Crippen molar-refractivity contribution in [3.05, 3.63) is 65.7 Å². The SMILES string of the molecule is O=C(Nc1cccc(C(F)(F)F)c1)N[C@H]1C[C@H]2C(=O)N[C@@H](COCc3ccccc3)C(=O)N2C1. The normalized spacial score (nSPS) is 22.2. The first-order chi connectivity index (χ1) is 16.2. The molecule has 3 N–H and O–H groups in total. The van der Waals surface area contributed by atoms with Crippen molar-refractivity contribution >= 4 is 23.5 Å². The number of piperazine rings is 1. The molecule has 0 saturated carbocycles. The summed E-state index contributed by atoms with van der Waals surface area (Å²) >= 11 is 0. The van der Waals surface area contributed by atoms with Crippen LogP contribution in [0.3, 0.4) is 0 Å². The summed E-state index contributed by atoms with van der Waals surface area (Å²) in [6, 6.07) is 10.9. The molecule has 0 bridgehead atoms. The highest BCUT2D eigenvalue weighted by Gasteiger charge is 2.46. The summed E-state index contributed by atoms with van der Waals surface area (Å²) in [7, 11) is 0. The number of hydrogen-bond acceptors (Lipinski definition) is 4. The third kappa shape index (κ3) is 5.48. The molecule has 0 aliphatic carbocycles. The van der Waals surface area contributed by atoms with E-state index < -0.39 is 35.9 Å². The molecule has 2 fully saturated rings. The number of carbonyl (C=O) groups excluding carboxylic acids is 3. The summed E-state index contributed by atoms with van der Waals surface area (Å²) in [6.45, 7) is 0.419. The van der Waals surface area contributed by atoms with Crippen molar-refractivity contribution in [3.63, 3.8) is 0 Å². The molecule has 4 amide bonds. The molecule has 180 valence electrons. The van der Waals surface area contributed by atoms with Crippen LogP contribution in [0.15, 0.2) is 54.6 Å². The lowest BCUT2D eigenvalue weighted by Gasteiger charge is -2.34. The van der Waals surface area contributed by atoms with E-state index in [1.807, 2.05) is 30.3 Å². The van der Waals surface area contributed by atoms with E-state index in [1.54, 1.807) is 0 Å². The average Bonchev–Trinajstić information content (AvgIpc) is 3.22. The lowest BCUT2D eigenvalue weighted by atomic mass is 10.1. The zero-order valence-electron chi connectivity index (χ0n) is 18.0. The van der Waals surface area contributed by atoms with Gasteiger partial charge in [-0.2, -0.15) is 13.2 Å². The van der Waals surface area contributed by atoms with Crippen LogP contribution in [0.25, 0.3) is 0 Å². The minimum atomic E-state index is -4.53. The largest absolute Gasteiger partial charge is 0.416 e. The minimum absolute atomic E-state index is 0.0107. The molecule has 2 aromatic carbocycles. The van der Waals surface area contributed by atoms with Gasteiger partial charge in [0.2, 0.25) is 11.8 Å². The number of urea groups is 1. The van der Waals surface area contributed by atoms with Crippen LogP contribution in [0.2, 0.25) is 0 Å². The van der Waals surface area contributed by atoms with Gasteiger partial charge in [0.25, 0.3) is 0 Å². The Kier molecular flexibility index (Phi) is 6.73. The molecule has 0 unspecified atom stereocenters. The molecule has 3 atom stereocenters. The van der Waals surface area contributed by atoms with E-state index in [1.165, 1.54) is 17.0 Å². The van der Waals surface area contributed by atoms with Crippen molar-refractivity contribution in [2.75, 3.05) is 18.5 Å². The maximum atomic E-state index is 12.9. The van der Waals surface area contributed by atoms with Gasteiger partial charge in [-0.05, 0) is 30.2 Å². The van der Waals surface area contributed by atoms with Crippen LogP contribution in [-0.4, -0.2) is 54.0 Å². The van der Waals surface area contributed by atoms with Crippen LogP contribution >= 0.6 is 0 Å². The summed E-state index contributed by atoms with van der Waals surface area (Å²) in [5.74, 6) is -0.643. The highest BCUT2D eigenvalue weighted by molar-refractivity contribution is 5.98. The van der Waals surface area contributed by atoms with Crippen molar-refractivity contribution < 1.29 is 32.3 Å². The first-order valence-corrected chi connectivity index (χ1v) is 10.7. The molecule has 8 nitrogen and oxygen atoms in total. The van der Waals surface area contributed by atoms with E-state index >= 15 is 0 Å². The lowest BCUT2D eigenvalue weighted by molar-refractivity contribution is -0.148. The Morgan fingerprint density at radius 3 is 2.62 bits per heavy atom.